The third-order valence-corrected chi connectivity index (χ3v) is 3.57. The number of nitrogens with zero attached hydrogens (tertiary/aromatic N) is 1. The van der Waals surface area contributed by atoms with Gasteiger partial charge in [0.05, 0.1) is 0 Å². The van der Waals surface area contributed by atoms with Gasteiger partial charge in [-0.2, -0.15) is 0 Å². The van der Waals surface area contributed by atoms with Crippen molar-refractivity contribution in [1.29, 1.82) is 0 Å². The summed E-state index contributed by atoms with van der Waals surface area (Å²) in [6, 6.07) is 0. The van der Waals surface area contributed by atoms with Crippen LogP contribution in [0.5, 0.6) is 0 Å². The molecule has 4 aliphatic rings. The summed E-state index contributed by atoms with van der Waals surface area (Å²) in [5.41, 5.74) is 0. The van der Waals surface area contributed by atoms with Gasteiger partial charge < -0.3 is 5.32 Å². The van der Waals surface area contributed by atoms with E-state index >= 15 is 0 Å². The van der Waals surface area contributed by atoms with Crippen molar-refractivity contribution < 1.29 is 0 Å². The molecule has 3 aliphatic carbocycles. The number of allylic oxidation sites excluding steroid dienone is 1. The molecule has 2 nitrogen and oxygen atoms in total. The van der Waals surface area contributed by atoms with Gasteiger partial charge in [-0.25, -0.2) is 0 Å². The number of aliphatic imine (C=N–C) groups is 1. The number of rotatable bonds is 0. The fourth-order valence-electron chi connectivity index (χ4n) is 2.62. The Morgan fingerprint density at radius 1 is 0.867 bits per heavy atom. The Morgan fingerprint density at radius 3 is 2.00 bits per heavy atom. The van der Waals surface area contributed by atoms with Gasteiger partial charge in [0.1, 0.15) is 0 Å². The molecule has 0 aromatic rings. The van der Waals surface area contributed by atoms with Crippen molar-refractivity contribution in [2.75, 3.05) is 0 Å². The van der Waals surface area contributed by atoms with E-state index in [9.17, 15) is 0 Å². The van der Waals surface area contributed by atoms with Crippen molar-refractivity contribution in [3.63, 3.8) is 0 Å². The van der Waals surface area contributed by atoms with E-state index in [-0.39, 0.29) is 0 Å². The largest absolute Gasteiger partial charge is 0.366 e. The van der Waals surface area contributed by atoms with Crippen molar-refractivity contribution in [2.45, 2.75) is 38.5 Å². The highest BCUT2D eigenvalue weighted by Gasteiger charge is 2.26. The van der Waals surface area contributed by atoms with Crippen molar-refractivity contribution in [3.05, 3.63) is 24.7 Å². The lowest BCUT2D eigenvalue weighted by molar-refractivity contribution is 0.176. The zero-order valence-corrected chi connectivity index (χ0v) is 9.23. The van der Waals surface area contributed by atoms with Crippen LogP contribution in [0.4, 0.5) is 0 Å². The maximum absolute atomic E-state index is 3.82. The van der Waals surface area contributed by atoms with E-state index < -0.39 is 0 Å². The second kappa shape index (κ2) is 5.74. The van der Waals surface area contributed by atoms with Gasteiger partial charge in [0, 0.05) is 24.8 Å². The highest BCUT2D eigenvalue weighted by Crippen LogP contribution is 2.40. The first-order valence-electron chi connectivity index (χ1n) is 6.04. The molecule has 0 amide bonds. The molecule has 1 N–H and O–H groups in total. The van der Waals surface area contributed by atoms with E-state index in [1.807, 2.05) is 12.3 Å². The summed E-state index contributed by atoms with van der Waals surface area (Å²) in [6.45, 7) is 0. The highest BCUT2D eigenvalue weighted by atomic mass is 14.8. The molecule has 3 saturated carbocycles. The quantitative estimate of drug-likeness (QED) is 0.643. The topological polar surface area (TPSA) is 24.4 Å². The van der Waals surface area contributed by atoms with Crippen LogP contribution in [0.3, 0.4) is 0 Å². The standard InChI is InChI=1S/C8H14.C5H6N2/c1-2-8-5-3-7(1)4-6-8;1-2-6-4-5-7-3-1/h7-8H,1-6H2;1-6H. The molecule has 1 heterocycles. The number of hydrogen-bond donors (Lipinski definition) is 1. The molecule has 2 bridgehead atoms. The molecule has 0 unspecified atom stereocenters. The summed E-state index contributed by atoms with van der Waals surface area (Å²) in [5, 5.41) is 2.86. The molecule has 0 aromatic carbocycles. The monoisotopic (exact) mass is 204 g/mol. The third kappa shape index (κ3) is 3.54. The lowest BCUT2D eigenvalue weighted by atomic mass is 9.71. The number of nitrogens with one attached hydrogen (secondary N) is 1. The van der Waals surface area contributed by atoms with Crippen molar-refractivity contribution in [2.24, 2.45) is 16.8 Å². The molecule has 0 saturated heterocycles. The van der Waals surface area contributed by atoms with Gasteiger partial charge in [-0.3, -0.25) is 4.99 Å². The molecule has 4 rings (SSSR count). The second-order valence-corrected chi connectivity index (χ2v) is 4.60. The zero-order valence-electron chi connectivity index (χ0n) is 9.23. The molecular formula is C13H20N2. The zero-order chi connectivity index (χ0) is 10.3. The summed E-state index contributed by atoms with van der Waals surface area (Å²) < 4.78 is 0. The van der Waals surface area contributed by atoms with Crippen molar-refractivity contribution >= 4 is 6.21 Å². The van der Waals surface area contributed by atoms with Crippen molar-refractivity contribution in [1.82, 2.24) is 5.32 Å². The summed E-state index contributed by atoms with van der Waals surface area (Å²) >= 11 is 0. The molecule has 82 valence electrons. The first kappa shape index (κ1) is 10.5. The smallest absolute Gasteiger partial charge is 0.0427 e. The minimum absolute atomic E-state index is 1.15. The summed E-state index contributed by atoms with van der Waals surface area (Å²) in [5.74, 6) is 2.31. The van der Waals surface area contributed by atoms with Crippen LogP contribution in [0, 0.1) is 11.8 Å². The molecule has 0 spiro atoms. The SMILES string of the molecule is C1=CNC=CN=C1.C1CC2CCC1CC2. The maximum Gasteiger partial charge on any atom is 0.0427 e. The lowest BCUT2D eigenvalue weighted by Crippen LogP contribution is -2.21. The van der Waals surface area contributed by atoms with Crippen LogP contribution >= 0.6 is 0 Å². The van der Waals surface area contributed by atoms with Gasteiger partial charge in [0.2, 0.25) is 0 Å². The molecule has 3 fully saturated rings. The van der Waals surface area contributed by atoms with Crippen LogP contribution in [-0.2, 0) is 0 Å². The fourth-order valence-corrected chi connectivity index (χ4v) is 2.62. The predicted molar refractivity (Wildman–Crippen MR) is 64.6 cm³/mol. The fraction of sp³-hybridized carbons (Fsp3) is 0.615. The third-order valence-electron chi connectivity index (χ3n) is 3.57. The predicted octanol–water partition coefficient (Wildman–Crippen LogP) is 3.23. The van der Waals surface area contributed by atoms with Gasteiger partial charge >= 0.3 is 0 Å². The maximum atomic E-state index is 3.82. The van der Waals surface area contributed by atoms with Crippen molar-refractivity contribution in [3.8, 4) is 0 Å². The molecular weight excluding hydrogens is 184 g/mol. The summed E-state index contributed by atoms with van der Waals surface area (Å²) in [6.07, 6.45) is 18.2. The van der Waals surface area contributed by atoms with E-state index in [0.29, 0.717) is 0 Å². The van der Waals surface area contributed by atoms with Crippen LogP contribution in [-0.4, -0.2) is 6.21 Å². The van der Waals surface area contributed by atoms with Gasteiger partial charge in [-0.1, -0.05) is 38.5 Å². The van der Waals surface area contributed by atoms with Crippen LogP contribution in [0.25, 0.3) is 0 Å². The second-order valence-electron chi connectivity index (χ2n) is 4.60. The van der Waals surface area contributed by atoms with Crippen LogP contribution < -0.4 is 5.32 Å². The summed E-state index contributed by atoms with van der Waals surface area (Å²) in [7, 11) is 0. The highest BCUT2D eigenvalue weighted by molar-refractivity contribution is 5.71. The Kier molecular flexibility index (Phi) is 4.01. The number of hydrogen-bond acceptors (Lipinski definition) is 2. The molecule has 1 aliphatic heterocycles. The van der Waals surface area contributed by atoms with Crippen LogP contribution in [0.2, 0.25) is 0 Å². The first-order chi connectivity index (χ1) is 7.45. The lowest BCUT2D eigenvalue weighted by Gasteiger charge is -2.35. The molecule has 0 aromatic heterocycles. The van der Waals surface area contributed by atoms with Gasteiger partial charge in [0.15, 0.2) is 0 Å². The number of fused-ring (bicyclic) bond motifs is 3. The molecule has 2 heteroatoms. The normalized spacial score (nSPS) is 31.5. The molecule has 0 radical (unpaired) electrons. The van der Waals surface area contributed by atoms with E-state index in [1.54, 1.807) is 57.1 Å². The van der Waals surface area contributed by atoms with E-state index in [4.69, 9.17) is 0 Å². The Hall–Kier alpha value is -1.05. The Bertz CT molecular complexity index is 221. The van der Waals surface area contributed by atoms with E-state index in [1.165, 1.54) is 0 Å². The van der Waals surface area contributed by atoms with Crippen LogP contribution in [0.15, 0.2) is 29.7 Å². The first-order valence-corrected chi connectivity index (χ1v) is 6.04. The van der Waals surface area contributed by atoms with Gasteiger partial charge in [-0.15, -0.1) is 0 Å². The molecule has 15 heavy (non-hydrogen) atoms. The van der Waals surface area contributed by atoms with Gasteiger partial charge in [-0.05, 0) is 17.9 Å². The Morgan fingerprint density at radius 2 is 1.47 bits per heavy atom. The minimum Gasteiger partial charge on any atom is -0.366 e. The Balaban J connectivity index is 0.000000115. The average Bonchev–Trinajstić information content (AvgIpc) is 2.64. The van der Waals surface area contributed by atoms with Crippen LogP contribution in [0.1, 0.15) is 38.5 Å². The van der Waals surface area contributed by atoms with Gasteiger partial charge in [0.25, 0.3) is 0 Å². The molecule has 0 atom stereocenters. The summed E-state index contributed by atoms with van der Waals surface area (Å²) in [4.78, 5) is 3.82. The van der Waals surface area contributed by atoms with E-state index in [0.717, 1.165) is 11.8 Å². The average molecular weight is 204 g/mol. The Labute approximate surface area is 92.2 Å². The minimum atomic E-state index is 1.15. The van der Waals surface area contributed by atoms with E-state index in [2.05, 4.69) is 10.3 Å².